The summed E-state index contributed by atoms with van der Waals surface area (Å²) < 4.78 is 12.7. The highest BCUT2D eigenvalue weighted by Crippen LogP contribution is 2.41. The van der Waals surface area contributed by atoms with Crippen LogP contribution in [0.2, 0.25) is 0 Å². The first-order valence-electron chi connectivity index (χ1n) is 5.29. The quantitative estimate of drug-likeness (QED) is 0.798. The van der Waals surface area contributed by atoms with Crippen LogP contribution in [0.4, 0.5) is 10.1 Å². The van der Waals surface area contributed by atoms with Gasteiger partial charge in [-0.25, -0.2) is 4.39 Å². The second kappa shape index (κ2) is 3.81. The summed E-state index contributed by atoms with van der Waals surface area (Å²) in [6, 6.07) is 6.25. The molecule has 0 heterocycles. The fourth-order valence-electron chi connectivity index (χ4n) is 1.85. The second-order valence-corrected chi connectivity index (χ2v) is 4.48. The molecular weight excluding hydrogens is 193 g/mol. The van der Waals surface area contributed by atoms with Crippen molar-refractivity contribution in [2.45, 2.75) is 25.3 Å². The molecular formula is C12H16FNO. The number of hydrogen-bond acceptors (Lipinski definition) is 2. The Kier molecular flexibility index (Phi) is 2.65. The Bertz CT molecular complexity index is 334. The number of nitrogens with one attached hydrogen (secondary N) is 1. The van der Waals surface area contributed by atoms with Gasteiger partial charge in [0.2, 0.25) is 0 Å². The minimum atomic E-state index is -0.266. The van der Waals surface area contributed by atoms with Gasteiger partial charge in [-0.05, 0) is 49.9 Å². The molecule has 1 aromatic carbocycles. The maximum atomic E-state index is 12.7. The Hall–Kier alpha value is -1.09. The van der Waals surface area contributed by atoms with Crippen LogP contribution >= 0.6 is 0 Å². The van der Waals surface area contributed by atoms with Crippen LogP contribution in [-0.2, 0) is 0 Å². The van der Waals surface area contributed by atoms with Crippen LogP contribution < -0.4 is 5.32 Å². The van der Waals surface area contributed by atoms with Crippen LogP contribution in [0, 0.1) is 11.7 Å². The van der Waals surface area contributed by atoms with Crippen LogP contribution in [0.1, 0.15) is 19.8 Å². The molecule has 0 aromatic heterocycles. The molecule has 0 spiro atoms. The lowest BCUT2D eigenvalue weighted by atomic mass is 9.96. The number of halogens is 1. The smallest absolute Gasteiger partial charge is 0.123 e. The lowest BCUT2D eigenvalue weighted by molar-refractivity contribution is 0.206. The molecule has 1 aromatic rings. The second-order valence-electron chi connectivity index (χ2n) is 4.48. The highest BCUT2D eigenvalue weighted by molar-refractivity contribution is 5.46. The molecule has 1 saturated carbocycles. The predicted octanol–water partition coefficient (Wildman–Crippen LogP) is 2.40. The van der Waals surface area contributed by atoms with Crippen molar-refractivity contribution >= 4 is 5.69 Å². The fourth-order valence-corrected chi connectivity index (χ4v) is 1.85. The molecule has 2 N–H and O–H groups in total. The van der Waals surface area contributed by atoms with E-state index in [-0.39, 0.29) is 18.0 Å². The van der Waals surface area contributed by atoms with Gasteiger partial charge in [0.15, 0.2) is 0 Å². The summed E-state index contributed by atoms with van der Waals surface area (Å²) in [7, 11) is 0. The van der Waals surface area contributed by atoms with Crippen molar-refractivity contribution in [3.63, 3.8) is 0 Å². The van der Waals surface area contributed by atoms with E-state index in [4.69, 9.17) is 0 Å². The maximum absolute atomic E-state index is 12.7. The molecule has 15 heavy (non-hydrogen) atoms. The van der Waals surface area contributed by atoms with Gasteiger partial charge >= 0.3 is 0 Å². The first-order valence-corrected chi connectivity index (χ1v) is 5.29. The zero-order valence-corrected chi connectivity index (χ0v) is 8.83. The molecule has 0 aliphatic heterocycles. The lowest BCUT2D eigenvalue weighted by Gasteiger charge is -2.30. The van der Waals surface area contributed by atoms with E-state index in [1.807, 2.05) is 6.92 Å². The first kappa shape index (κ1) is 10.4. The van der Waals surface area contributed by atoms with Gasteiger partial charge in [-0.3, -0.25) is 0 Å². The normalized spacial score (nSPS) is 19.7. The predicted molar refractivity (Wildman–Crippen MR) is 58.2 cm³/mol. The third-order valence-corrected chi connectivity index (χ3v) is 3.08. The van der Waals surface area contributed by atoms with Gasteiger partial charge in [0.25, 0.3) is 0 Å². The average molecular weight is 209 g/mol. The molecule has 3 heteroatoms. The van der Waals surface area contributed by atoms with E-state index in [0.29, 0.717) is 5.92 Å². The minimum absolute atomic E-state index is 0.106. The molecule has 1 aliphatic carbocycles. The van der Waals surface area contributed by atoms with Crippen molar-refractivity contribution in [1.82, 2.24) is 0 Å². The van der Waals surface area contributed by atoms with E-state index in [0.717, 1.165) is 18.5 Å². The number of rotatable bonds is 4. The zero-order chi connectivity index (χ0) is 10.9. The molecule has 0 saturated heterocycles. The van der Waals surface area contributed by atoms with E-state index in [1.54, 1.807) is 12.1 Å². The fraction of sp³-hybridized carbons (Fsp3) is 0.500. The van der Waals surface area contributed by atoms with Gasteiger partial charge in [-0.2, -0.15) is 0 Å². The van der Waals surface area contributed by atoms with Crippen molar-refractivity contribution in [1.29, 1.82) is 0 Å². The third-order valence-electron chi connectivity index (χ3n) is 3.08. The van der Waals surface area contributed by atoms with E-state index in [1.165, 1.54) is 12.1 Å². The van der Waals surface area contributed by atoms with Gasteiger partial charge in [0, 0.05) is 5.69 Å². The number of benzene rings is 1. The summed E-state index contributed by atoms with van der Waals surface area (Å²) in [5, 5.41) is 12.7. The minimum Gasteiger partial charge on any atom is -0.394 e. The summed E-state index contributed by atoms with van der Waals surface area (Å²) in [5.41, 5.74) is 0.595. The molecule has 1 fully saturated rings. The van der Waals surface area contributed by atoms with E-state index >= 15 is 0 Å². The van der Waals surface area contributed by atoms with Crippen molar-refractivity contribution in [2.75, 3.05) is 11.9 Å². The first-order chi connectivity index (χ1) is 7.14. The molecule has 0 amide bonds. The molecule has 1 atom stereocenters. The molecule has 1 unspecified atom stereocenters. The van der Waals surface area contributed by atoms with E-state index < -0.39 is 0 Å². The Morgan fingerprint density at radius 3 is 2.47 bits per heavy atom. The topological polar surface area (TPSA) is 32.3 Å². The molecule has 0 radical (unpaired) electrons. The van der Waals surface area contributed by atoms with Crippen molar-refractivity contribution in [2.24, 2.45) is 5.92 Å². The molecule has 2 nitrogen and oxygen atoms in total. The Balaban J connectivity index is 2.09. The highest BCUT2D eigenvalue weighted by Gasteiger charge is 2.40. The summed E-state index contributed by atoms with van der Waals surface area (Å²) in [4.78, 5) is 0. The van der Waals surface area contributed by atoms with Crippen molar-refractivity contribution in [3.05, 3.63) is 30.1 Å². The SMILES string of the molecule is CC(CO)(Nc1ccc(F)cc1)C1CC1. The average Bonchev–Trinajstić information content (AvgIpc) is 3.05. The van der Waals surface area contributed by atoms with Crippen LogP contribution in [-0.4, -0.2) is 17.3 Å². The summed E-state index contributed by atoms with van der Waals surface area (Å²) in [5.74, 6) is 0.297. The zero-order valence-electron chi connectivity index (χ0n) is 8.83. The molecule has 82 valence electrons. The molecule has 0 bridgehead atoms. The van der Waals surface area contributed by atoms with Crippen LogP contribution in [0.15, 0.2) is 24.3 Å². The van der Waals surface area contributed by atoms with Gasteiger partial charge in [0.05, 0.1) is 12.1 Å². The monoisotopic (exact) mass is 209 g/mol. The van der Waals surface area contributed by atoms with Crippen molar-refractivity contribution in [3.8, 4) is 0 Å². The molecule has 1 aliphatic rings. The van der Waals surface area contributed by atoms with Gasteiger partial charge in [-0.15, -0.1) is 0 Å². The number of anilines is 1. The summed E-state index contributed by atoms with van der Waals surface area (Å²) >= 11 is 0. The highest BCUT2D eigenvalue weighted by atomic mass is 19.1. The number of aliphatic hydroxyl groups is 1. The number of hydrogen-bond donors (Lipinski definition) is 2. The van der Waals surface area contributed by atoms with Gasteiger partial charge in [-0.1, -0.05) is 0 Å². The summed E-state index contributed by atoms with van der Waals surface area (Å²) in [6.45, 7) is 2.11. The van der Waals surface area contributed by atoms with Gasteiger partial charge in [0.1, 0.15) is 5.82 Å². The van der Waals surface area contributed by atoms with Crippen LogP contribution in [0.3, 0.4) is 0 Å². The maximum Gasteiger partial charge on any atom is 0.123 e. The Morgan fingerprint density at radius 1 is 1.40 bits per heavy atom. The largest absolute Gasteiger partial charge is 0.394 e. The third kappa shape index (κ3) is 2.29. The summed E-state index contributed by atoms with van der Waals surface area (Å²) in [6.07, 6.45) is 2.32. The van der Waals surface area contributed by atoms with E-state index in [9.17, 15) is 9.50 Å². The van der Waals surface area contributed by atoms with Crippen molar-refractivity contribution < 1.29 is 9.50 Å². The Labute approximate surface area is 89.1 Å². The standard InChI is InChI=1S/C12H16FNO/c1-12(8-15,9-2-3-9)14-11-6-4-10(13)5-7-11/h4-7,9,14-15H,2-3,8H2,1H3. The van der Waals surface area contributed by atoms with E-state index in [2.05, 4.69) is 5.32 Å². The van der Waals surface area contributed by atoms with Gasteiger partial charge < -0.3 is 10.4 Å². The number of aliphatic hydroxyl groups excluding tert-OH is 1. The lowest BCUT2D eigenvalue weighted by Crippen LogP contribution is -2.41. The van der Waals surface area contributed by atoms with Crippen LogP contribution in [0.25, 0.3) is 0 Å². The molecule has 2 rings (SSSR count). The van der Waals surface area contributed by atoms with Crippen LogP contribution in [0.5, 0.6) is 0 Å². The Morgan fingerprint density at radius 2 is 2.00 bits per heavy atom.